The van der Waals surface area contributed by atoms with Gasteiger partial charge >= 0.3 is 0 Å². The van der Waals surface area contributed by atoms with Gasteiger partial charge in [-0.3, -0.25) is 4.79 Å². The van der Waals surface area contributed by atoms with Crippen LogP contribution in [0, 0.1) is 26.2 Å². The van der Waals surface area contributed by atoms with Crippen LogP contribution in [0.3, 0.4) is 0 Å². The summed E-state index contributed by atoms with van der Waals surface area (Å²) in [7, 11) is 0. The van der Waals surface area contributed by atoms with Crippen LogP contribution in [0.15, 0.2) is 6.07 Å². The molecule has 0 bridgehead atoms. The number of unbranched alkanes of at least 4 members (excludes halogenated alkanes) is 6. The normalized spacial score (nSPS) is 15.2. The molecule has 0 saturated heterocycles. The van der Waals surface area contributed by atoms with Crippen LogP contribution in [0.5, 0.6) is 0 Å². The van der Waals surface area contributed by atoms with E-state index in [4.69, 9.17) is 4.74 Å². The second kappa shape index (κ2) is 12.1. The zero-order chi connectivity index (χ0) is 22.9. The Kier molecular flexibility index (Phi) is 10.1. The Morgan fingerprint density at radius 3 is 2.10 bits per heavy atom. The van der Waals surface area contributed by atoms with E-state index < -0.39 is 0 Å². The van der Waals surface area contributed by atoms with Crippen LogP contribution in [0.1, 0.15) is 126 Å². The molecule has 1 aromatic carbocycles. The molecule has 1 fully saturated rings. The lowest BCUT2D eigenvalue weighted by atomic mass is 9.87. The van der Waals surface area contributed by atoms with Gasteiger partial charge in [0.25, 0.3) is 6.47 Å². The van der Waals surface area contributed by atoms with Gasteiger partial charge in [-0.1, -0.05) is 58.9 Å². The maximum Gasteiger partial charge on any atom is 0.293 e. The fourth-order valence-corrected chi connectivity index (χ4v) is 4.92. The fraction of sp³-hybridized carbons (Fsp3) is 0.759. The molecule has 2 nitrogen and oxygen atoms in total. The number of carbonyl (C=O) groups is 1. The molecule has 2 rings (SSSR count). The third-order valence-electron chi connectivity index (χ3n) is 7.41. The van der Waals surface area contributed by atoms with E-state index in [-0.39, 0.29) is 5.60 Å². The standard InChI is InChI=1S/C29H48O2/c1-23-21-26(15-11-7-10-14-18-29(19-20-29)31-22-30)25(3)27(24(23)2)16-12-8-9-13-17-28(4,5)6/h21-22H,7-20H2,1-6H3. The predicted molar refractivity (Wildman–Crippen MR) is 133 cm³/mol. The molecule has 0 heterocycles. The van der Waals surface area contributed by atoms with Gasteiger partial charge in [0, 0.05) is 0 Å². The van der Waals surface area contributed by atoms with Crippen molar-refractivity contribution in [2.45, 2.75) is 137 Å². The molecule has 0 unspecified atom stereocenters. The Morgan fingerprint density at radius 1 is 0.871 bits per heavy atom. The average Bonchev–Trinajstić information content (AvgIpc) is 3.46. The summed E-state index contributed by atoms with van der Waals surface area (Å²) < 4.78 is 5.26. The van der Waals surface area contributed by atoms with Crippen LogP contribution in [0.2, 0.25) is 0 Å². The monoisotopic (exact) mass is 428 g/mol. The van der Waals surface area contributed by atoms with Crippen LogP contribution in [-0.4, -0.2) is 12.1 Å². The Bertz CT molecular complexity index is 692. The van der Waals surface area contributed by atoms with Crippen molar-refractivity contribution >= 4 is 6.47 Å². The van der Waals surface area contributed by atoms with Crippen molar-refractivity contribution in [2.24, 2.45) is 5.41 Å². The molecule has 0 N–H and O–H groups in total. The molecule has 1 aromatic rings. The van der Waals surface area contributed by atoms with Crippen LogP contribution in [0.4, 0.5) is 0 Å². The molecule has 0 radical (unpaired) electrons. The molecule has 0 amide bonds. The molecule has 2 heteroatoms. The van der Waals surface area contributed by atoms with E-state index >= 15 is 0 Å². The van der Waals surface area contributed by atoms with Gasteiger partial charge in [-0.05, 0) is 112 Å². The second-order valence-corrected chi connectivity index (χ2v) is 11.4. The van der Waals surface area contributed by atoms with Crippen molar-refractivity contribution in [1.29, 1.82) is 0 Å². The van der Waals surface area contributed by atoms with E-state index in [1.807, 2.05) is 0 Å². The lowest BCUT2D eigenvalue weighted by molar-refractivity contribution is -0.135. The molecule has 1 aliphatic carbocycles. The lowest BCUT2D eigenvalue weighted by Gasteiger charge is -2.18. The highest BCUT2D eigenvalue weighted by molar-refractivity contribution is 5.44. The SMILES string of the molecule is Cc1cc(CCCCCCC2(OC=O)CC2)c(C)c(CCCCCCC(C)(C)C)c1C. The number of benzene rings is 1. The number of rotatable bonds is 15. The first kappa shape index (κ1) is 25.9. The summed E-state index contributed by atoms with van der Waals surface area (Å²) in [5.41, 5.74) is 8.11. The van der Waals surface area contributed by atoms with E-state index in [1.165, 1.54) is 81.8 Å². The summed E-state index contributed by atoms with van der Waals surface area (Å²) in [5.74, 6) is 0. The second-order valence-electron chi connectivity index (χ2n) is 11.4. The van der Waals surface area contributed by atoms with E-state index in [0.29, 0.717) is 11.9 Å². The molecule has 176 valence electrons. The molecular weight excluding hydrogens is 380 g/mol. The highest BCUT2D eigenvalue weighted by atomic mass is 16.5. The van der Waals surface area contributed by atoms with E-state index in [0.717, 1.165) is 19.3 Å². The minimum absolute atomic E-state index is 0.0753. The Labute approximate surface area is 192 Å². The molecular formula is C29H48O2. The smallest absolute Gasteiger partial charge is 0.293 e. The lowest BCUT2D eigenvalue weighted by Crippen LogP contribution is -2.12. The minimum atomic E-state index is -0.0753. The van der Waals surface area contributed by atoms with E-state index in [9.17, 15) is 4.79 Å². The van der Waals surface area contributed by atoms with E-state index in [2.05, 4.69) is 47.6 Å². The number of ether oxygens (including phenoxy) is 1. The van der Waals surface area contributed by atoms with Gasteiger partial charge in [0.15, 0.2) is 0 Å². The predicted octanol–water partition coefficient (Wildman–Crippen LogP) is 8.35. The van der Waals surface area contributed by atoms with Crippen molar-refractivity contribution in [2.75, 3.05) is 0 Å². The maximum atomic E-state index is 10.6. The molecule has 0 aromatic heterocycles. The first-order valence-electron chi connectivity index (χ1n) is 12.9. The van der Waals surface area contributed by atoms with Crippen LogP contribution in [0.25, 0.3) is 0 Å². The third-order valence-corrected chi connectivity index (χ3v) is 7.41. The number of carbonyl (C=O) groups excluding carboxylic acids is 1. The molecule has 0 spiro atoms. The van der Waals surface area contributed by atoms with Crippen molar-refractivity contribution < 1.29 is 9.53 Å². The average molecular weight is 429 g/mol. The highest BCUT2D eigenvalue weighted by Gasteiger charge is 2.44. The summed E-state index contributed by atoms with van der Waals surface area (Å²) in [6.45, 7) is 14.6. The number of hydrogen-bond acceptors (Lipinski definition) is 2. The van der Waals surface area contributed by atoms with Gasteiger partial charge in [0.2, 0.25) is 0 Å². The zero-order valence-corrected chi connectivity index (χ0v) is 21.4. The van der Waals surface area contributed by atoms with Gasteiger partial charge in [-0.2, -0.15) is 0 Å². The maximum absolute atomic E-state index is 10.6. The first-order valence-corrected chi connectivity index (χ1v) is 12.9. The fourth-order valence-electron chi connectivity index (χ4n) is 4.92. The molecule has 31 heavy (non-hydrogen) atoms. The van der Waals surface area contributed by atoms with E-state index in [1.54, 1.807) is 16.7 Å². The number of aryl methyl sites for hydroxylation is 2. The number of hydrogen-bond donors (Lipinski definition) is 0. The van der Waals surface area contributed by atoms with Gasteiger partial charge < -0.3 is 4.74 Å². The summed E-state index contributed by atoms with van der Waals surface area (Å²) in [6, 6.07) is 2.44. The van der Waals surface area contributed by atoms with Gasteiger partial charge in [0.1, 0.15) is 5.60 Å². The van der Waals surface area contributed by atoms with Crippen LogP contribution < -0.4 is 0 Å². The zero-order valence-electron chi connectivity index (χ0n) is 21.4. The molecule has 0 atom stereocenters. The third kappa shape index (κ3) is 8.99. The highest BCUT2D eigenvalue weighted by Crippen LogP contribution is 2.43. The summed E-state index contributed by atoms with van der Waals surface area (Å²) in [6.07, 6.45) is 17.3. The van der Waals surface area contributed by atoms with Crippen molar-refractivity contribution in [1.82, 2.24) is 0 Å². The summed E-state index contributed by atoms with van der Waals surface area (Å²) in [5, 5.41) is 0. The van der Waals surface area contributed by atoms with Gasteiger partial charge in [-0.15, -0.1) is 0 Å². The van der Waals surface area contributed by atoms with Gasteiger partial charge in [0.05, 0.1) is 0 Å². The largest absolute Gasteiger partial charge is 0.461 e. The summed E-state index contributed by atoms with van der Waals surface area (Å²) in [4.78, 5) is 10.6. The minimum Gasteiger partial charge on any atom is -0.461 e. The Balaban J connectivity index is 1.74. The Hall–Kier alpha value is -1.31. The van der Waals surface area contributed by atoms with Crippen molar-refractivity contribution in [3.8, 4) is 0 Å². The summed E-state index contributed by atoms with van der Waals surface area (Å²) >= 11 is 0. The van der Waals surface area contributed by atoms with Crippen LogP contribution in [-0.2, 0) is 22.4 Å². The Morgan fingerprint density at radius 2 is 1.48 bits per heavy atom. The first-order chi connectivity index (χ1) is 14.7. The van der Waals surface area contributed by atoms with Gasteiger partial charge in [-0.25, -0.2) is 0 Å². The molecule has 1 saturated carbocycles. The van der Waals surface area contributed by atoms with Crippen LogP contribution >= 0.6 is 0 Å². The molecule has 0 aliphatic heterocycles. The van der Waals surface area contributed by atoms with Crippen molar-refractivity contribution in [3.63, 3.8) is 0 Å². The molecule has 1 aliphatic rings. The van der Waals surface area contributed by atoms with Crippen molar-refractivity contribution in [3.05, 3.63) is 33.9 Å². The quantitative estimate of drug-likeness (QED) is 0.207. The topological polar surface area (TPSA) is 26.3 Å².